The maximum Gasteiger partial charge on any atom is 0.266 e. The maximum atomic E-state index is 13.6. The van der Waals surface area contributed by atoms with Gasteiger partial charge in [-0.25, -0.2) is 9.38 Å². The lowest BCUT2D eigenvalue weighted by atomic mass is 10.3. The Morgan fingerprint density at radius 2 is 2.04 bits per heavy atom. The van der Waals surface area contributed by atoms with E-state index in [1.165, 1.54) is 28.8 Å². The summed E-state index contributed by atoms with van der Waals surface area (Å²) in [5.41, 5.74) is 0.603. The van der Waals surface area contributed by atoms with Crippen LogP contribution in [0.1, 0.15) is 0 Å². The third kappa shape index (κ3) is 4.45. The summed E-state index contributed by atoms with van der Waals surface area (Å²) >= 11 is 13.3. The zero-order valence-corrected chi connectivity index (χ0v) is 15.2. The summed E-state index contributed by atoms with van der Waals surface area (Å²) in [6.07, 6.45) is 0. The summed E-state index contributed by atoms with van der Waals surface area (Å²) in [6.45, 7) is 0.256. The topological polar surface area (TPSA) is 41.9 Å². The lowest BCUT2D eigenvalue weighted by Crippen LogP contribution is -2.35. The quantitative estimate of drug-likeness (QED) is 0.744. The van der Waals surface area contributed by atoms with Crippen LogP contribution in [0.25, 0.3) is 0 Å². The SMILES string of the molecule is O=C(COc1ccccc1F)N1CCSC1=Nc1ccc(Cl)c(Cl)c1. The smallest absolute Gasteiger partial charge is 0.266 e. The fraction of sp³-hybridized carbons (Fsp3) is 0.176. The molecule has 25 heavy (non-hydrogen) atoms. The van der Waals surface area contributed by atoms with Crippen LogP contribution in [0.15, 0.2) is 47.5 Å². The van der Waals surface area contributed by atoms with E-state index in [1.807, 2.05) is 0 Å². The van der Waals surface area contributed by atoms with Crippen LogP contribution < -0.4 is 4.74 Å². The van der Waals surface area contributed by atoms with Gasteiger partial charge in [0.25, 0.3) is 5.91 Å². The van der Waals surface area contributed by atoms with Gasteiger partial charge in [-0.1, -0.05) is 47.1 Å². The molecule has 0 spiro atoms. The van der Waals surface area contributed by atoms with Crippen LogP contribution in [0.2, 0.25) is 10.0 Å². The number of halogens is 3. The average Bonchev–Trinajstić information content (AvgIpc) is 3.05. The second kappa shape index (κ2) is 8.08. The number of ether oxygens (including phenoxy) is 1. The molecule has 0 unspecified atom stereocenters. The molecule has 3 rings (SSSR count). The lowest BCUT2D eigenvalue weighted by Gasteiger charge is -2.16. The molecule has 1 fully saturated rings. The number of hydrogen-bond donors (Lipinski definition) is 0. The second-order valence-electron chi connectivity index (χ2n) is 5.11. The van der Waals surface area contributed by atoms with E-state index in [0.29, 0.717) is 27.4 Å². The normalized spacial score (nSPS) is 15.6. The second-order valence-corrected chi connectivity index (χ2v) is 6.98. The molecule has 0 radical (unpaired) electrons. The minimum absolute atomic E-state index is 0.0469. The van der Waals surface area contributed by atoms with Gasteiger partial charge in [-0.3, -0.25) is 9.69 Å². The van der Waals surface area contributed by atoms with Gasteiger partial charge in [-0.2, -0.15) is 0 Å². The van der Waals surface area contributed by atoms with Gasteiger partial charge in [-0.15, -0.1) is 0 Å². The lowest BCUT2D eigenvalue weighted by molar-refractivity contribution is -0.129. The molecular formula is C17H13Cl2FN2O2S. The number of nitrogens with zero attached hydrogens (tertiary/aromatic N) is 2. The van der Waals surface area contributed by atoms with Crippen LogP contribution in [0.3, 0.4) is 0 Å². The van der Waals surface area contributed by atoms with Gasteiger partial charge in [0.1, 0.15) is 0 Å². The third-order valence-electron chi connectivity index (χ3n) is 3.39. The minimum Gasteiger partial charge on any atom is -0.481 e. The largest absolute Gasteiger partial charge is 0.481 e. The van der Waals surface area contributed by atoms with Gasteiger partial charge in [0.15, 0.2) is 23.3 Å². The number of amides is 1. The molecule has 130 valence electrons. The number of benzene rings is 2. The maximum absolute atomic E-state index is 13.6. The van der Waals surface area contributed by atoms with Crippen LogP contribution in [-0.4, -0.2) is 34.9 Å². The van der Waals surface area contributed by atoms with E-state index in [9.17, 15) is 9.18 Å². The van der Waals surface area contributed by atoms with Crippen LogP contribution in [0, 0.1) is 5.82 Å². The number of rotatable bonds is 4. The van der Waals surface area contributed by atoms with Crippen molar-refractivity contribution in [3.05, 3.63) is 58.3 Å². The Hall–Kier alpha value is -1.76. The molecule has 0 N–H and O–H groups in total. The Bertz CT molecular complexity index is 832. The molecule has 8 heteroatoms. The van der Waals surface area contributed by atoms with Crippen LogP contribution in [-0.2, 0) is 4.79 Å². The van der Waals surface area contributed by atoms with Gasteiger partial charge in [0.05, 0.1) is 15.7 Å². The number of amidine groups is 1. The van der Waals surface area contributed by atoms with Crippen molar-refractivity contribution in [1.82, 2.24) is 4.90 Å². The van der Waals surface area contributed by atoms with Crippen molar-refractivity contribution in [3.8, 4) is 5.75 Å². The number of aliphatic imine (C=N–C) groups is 1. The highest BCUT2D eigenvalue weighted by atomic mass is 35.5. The zero-order valence-electron chi connectivity index (χ0n) is 12.9. The predicted molar refractivity (Wildman–Crippen MR) is 99.6 cm³/mol. The Morgan fingerprint density at radius 1 is 1.24 bits per heavy atom. The summed E-state index contributed by atoms with van der Waals surface area (Å²) in [4.78, 5) is 18.4. The van der Waals surface area contributed by atoms with Crippen molar-refractivity contribution < 1.29 is 13.9 Å². The van der Waals surface area contributed by atoms with Gasteiger partial charge in [0.2, 0.25) is 0 Å². The number of thioether (sulfide) groups is 1. The highest BCUT2D eigenvalue weighted by Crippen LogP contribution is 2.29. The number of hydrogen-bond acceptors (Lipinski definition) is 4. The number of carbonyl (C=O) groups excluding carboxylic acids is 1. The van der Waals surface area contributed by atoms with Crippen LogP contribution >= 0.6 is 35.0 Å². The van der Waals surface area contributed by atoms with Crippen molar-refractivity contribution in [3.63, 3.8) is 0 Å². The van der Waals surface area contributed by atoms with Crippen LogP contribution in [0.5, 0.6) is 5.75 Å². The van der Waals surface area contributed by atoms with E-state index in [4.69, 9.17) is 27.9 Å². The van der Waals surface area contributed by atoms with Crippen molar-refractivity contribution in [2.75, 3.05) is 18.9 Å². The first-order chi connectivity index (χ1) is 12.0. The summed E-state index contributed by atoms with van der Waals surface area (Å²) < 4.78 is 18.8. The molecule has 1 saturated heterocycles. The first-order valence-corrected chi connectivity index (χ1v) is 9.13. The highest BCUT2D eigenvalue weighted by molar-refractivity contribution is 8.14. The third-order valence-corrected chi connectivity index (χ3v) is 5.09. The Labute approximate surface area is 158 Å². The molecule has 0 aliphatic carbocycles. The predicted octanol–water partition coefficient (Wildman–Crippen LogP) is 4.77. The molecular weight excluding hydrogens is 386 g/mol. The molecule has 1 aliphatic heterocycles. The number of carbonyl (C=O) groups is 1. The van der Waals surface area contributed by atoms with Crippen molar-refractivity contribution >= 4 is 51.7 Å². The minimum atomic E-state index is -0.504. The van der Waals surface area contributed by atoms with Crippen molar-refractivity contribution in [2.45, 2.75) is 0 Å². The van der Waals surface area contributed by atoms with E-state index < -0.39 is 5.82 Å². The van der Waals surface area contributed by atoms with E-state index in [1.54, 1.807) is 30.3 Å². The Kier molecular flexibility index (Phi) is 5.83. The van der Waals surface area contributed by atoms with Crippen LogP contribution in [0.4, 0.5) is 10.1 Å². The number of para-hydroxylation sites is 1. The molecule has 0 atom stereocenters. The summed E-state index contributed by atoms with van der Waals surface area (Å²) in [6, 6.07) is 11.0. The van der Waals surface area contributed by atoms with Crippen molar-refractivity contribution in [2.24, 2.45) is 4.99 Å². The summed E-state index contributed by atoms with van der Waals surface area (Å²) in [5.74, 6) is -0.0143. The fourth-order valence-electron chi connectivity index (χ4n) is 2.17. The molecule has 0 bridgehead atoms. The van der Waals surface area contributed by atoms with Gasteiger partial charge in [0, 0.05) is 12.3 Å². The first-order valence-electron chi connectivity index (χ1n) is 7.39. The first kappa shape index (κ1) is 18.0. The fourth-order valence-corrected chi connectivity index (χ4v) is 3.44. The van der Waals surface area contributed by atoms with Gasteiger partial charge >= 0.3 is 0 Å². The average molecular weight is 399 g/mol. The molecule has 4 nitrogen and oxygen atoms in total. The standard InChI is InChI=1S/C17H13Cl2FN2O2S/c18-12-6-5-11(9-13(12)19)21-17-22(7-8-25-17)16(23)10-24-15-4-2-1-3-14(15)20/h1-6,9H,7-8,10H2. The molecule has 1 amide bonds. The van der Waals surface area contributed by atoms with Gasteiger partial charge in [-0.05, 0) is 30.3 Å². The molecule has 0 aromatic heterocycles. The summed E-state index contributed by atoms with van der Waals surface area (Å²) in [5, 5.41) is 1.39. The van der Waals surface area contributed by atoms with Crippen molar-refractivity contribution in [1.29, 1.82) is 0 Å². The molecule has 0 saturated carbocycles. The van der Waals surface area contributed by atoms with Gasteiger partial charge < -0.3 is 4.74 Å². The van der Waals surface area contributed by atoms with E-state index in [2.05, 4.69) is 4.99 Å². The molecule has 1 heterocycles. The van der Waals surface area contributed by atoms with E-state index >= 15 is 0 Å². The molecule has 1 aliphatic rings. The Morgan fingerprint density at radius 3 is 2.80 bits per heavy atom. The monoisotopic (exact) mass is 398 g/mol. The highest BCUT2D eigenvalue weighted by Gasteiger charge is 2.26. The summed E-state index contributed by atoms with van der Waals surface area (Å²) in [7, 11) is 0. The molecule has 2 aromatic rings. The molecule has 2 aromatic carbocycles. The van der Waals surface area contributed by atoms with E-state index in [0.717, 1.165) is 5.75 Å². The zero-order chi connectivity index (χ0) is 17.8. The Balaban J connectivity index is 1.70. The van der Waals surface area contributed by atoms with E-state index in [-0.39, 0.29) is 18.3 Å².